The highest BCUT2D eigenvalue weighted by atomic mass is 16.3. The predicted molar refractivity (Wildman–Crippen MR) is 74.8 cm³/mol. The first-order valence-electron chi connectivity index (χ1n) is 7.09. The molecule has 1 saturated heterocycles. The summed E-state index contributed by atoms with van der Waals surface area (Å²) in [6.07, 6.45) is 1.97. The van der Waals surface area contributed by atoms with Gasteiger partial charge in [0.2, 0.25) is 0 Å². The SMILES string of the molecule is Cc1cc(C(O)C2CCCNC2)c(C)n1C(C)C. The van der Waals surface area contributed by atoms with Crippen molar-refractivity contribution in [2.45, 2.75) is 52.7 Å². The Morgan fingerprint density at radius 3 is 2.61 bits per heavy atom. The van der Waals surface area contributed by atoms with Crippen LogP contribution in [-0.2, 0) is 0 Å². The molecule has 1 fully saturated rings. The number of hydrogen-bond donors (Lipinski definition) is 2. The van der Waals surface area contributed by atoms with E-state index < -0.39 is 0 Å². The molecule has 2 heterocycles. The lowest BCUT2D eigenvalue weighted by molar-refractivity contribution is 0.0915. The Hall–Kier alpha value is -0.800. The van der Waals surface area contributed by atoms with Gasteiger partial charge in [0, 0.05) is 35.5 Å². The Morgan fingerprint density at radius 1 is 1.39 bits per heavy atom. The zero-order chi connectivity index (χ0) is 13.3. The van der Waals surface area contributed by atoms with Gasteiger partial charge in [0.1, 0.15) is 0 Å². The third kappa shape index (κ3) is 2.47. The van der Waals surface area contributed by atoms with E-state index >= 15 is 0 Å². The van der Waals surface area contributed by atoms with Gasteiger partial charge in [-0.05, 0) is 53.1 Å². The molecule has 2 rings (SSSR count). The number of aromatic nitrogens is 1. The normalized spacial score (nSPS) is 22.4. The molecule has 3 nitrogen and oxygen atoms in total. The van der Waals surface area contributed by atoms with Crippen LogP contribution in [0.4, 0.5) is 0 Å². The van der Waals surface area contributed by atoms with Crippen LogP contribution in [0.15, 0.2) is 6.07 Å². The molecule has 0 bridgehead atoms. The molecule has 0 aliphatic carbocycles. The number of rotatable bonds is 3. The van der Waals surface area contributed by atoms with E-state index in [-0.39, 0.29) is 6.10 Å². The fourth-order valence-corrected chi connectivity index (χ4v) is 3.30. The fourth-order valence-electron chi connectivity index (χ4n) is 3.30. The maximum atomic E-state index is 10.6. The summed E-state index contributed by atoms with van der Waals surface area (Å²) >= 11 is 0. The van der Waals surface area contributed by atoms with Crippen molar-refractivity contribution in [3.05, 3.63) is 23.0 Å². The van der Waals surface area contributed by atoms with Gasteiger partial charge < -0.3 is 15.0 Å². The average Bonchev–Trinajstić information content (AvgIpc) is 2.65. The lowest BCUT2D eigenvalue weighted by Gasteiger charge is -2.27. The summed E-state index contributed by atoms with van der Waals surface area (Å²) in [7, 11) is 0. The molecule has 2 atom stereocenters. The Bertz CT molecular complexity index is 403. The van der Waals surface area contributed by atoms with Crippen molar-refractivity contribution in [2.75, 3.05) is 13.1 Å². The standard InChI is InChI=1S/C15H26N2O/c1-10(2)17-11(3)8-14(12(17)4)15(18)13-6-5-7-16-9-13/h8,10,13,15-16,18H,5-7,9H2,1-4H3. The first-order chi connectivity index (χ1) is 8.52. The van der Waals surface area contributed by atoms with Gasteiger partial charge in [0.25, 0.3) is 0 Å². The molecular formula is C15H26N2O. The molecule has 1 aromatic heterocycles. The summed E-state index contributed by atoms with van der Waals surface area (Å²) in [6.45, 7) is 10.7. The first-order valence-corrected chi connectivity index (χ1v) is 7.09. The van der Waals surface area contributed by atoms with E-state index in [0.29, 0.717) is 12.0 Å². The number of nitrogens with one attached hydrogen (secondary N) is 1. The van der Waals surface area contributed by atoms with Gasteiger partial charge in [0.15, 0.2) is 0 Å². The van der Waals surface area contributed by atoms with Crippen molar-refractivity contribution in [2.24, 2.45) is 5.92 Å². The van der Waals surface area contributed by atoms with Gasteiger partial charge in [-0.25, -0.2) is 0 Å². The Morgan fingerprint density at radius 2 is 2.11 bits per heavy atom. The number of aliphatic hydroxyl groups excluding tert-OH is 1. The van der Waals surface area contributed by atoms with Crippen LogP contribution in [0.5, 0.6) is 0 Å². The van der Waals surface area contributed by atoms with Crippen LogP contribution in [0.3, 0.4) is 0 Å². The van der Waals surface area contributed by atoms with Crippen LogP contribution >= 0.6 is 0 Å². The lowest BCUT2D eigenvalue weighted by Crippen LogP contribution is -2.33. The zero-order valence-corrected chi connectivity index (χ0v) is 12.0. The van der Waals surface area contributed by atoms with Gasteiger partial charge in [-0.3, -0.25) is 0 Å². The fraction of sp³-hybridized carbons (Fsp3) is 0.733. The highest BCUT2D eigenvalue weighted by Crippen LogP contribution is 2.32. The Kier molecular flexibility index (Phi) is 4.13. The van der Waals surface area contributed by atoms with Gasteiger partial charge in [-0.1, -0.05) is 0 Å². The van der Waals surface area contributed by atoms with Crippen LogP contribution in [0.25, 0.3) is 0 Å². The largest absolute Gasteiger partial charge is 0.388 e. The van der Waals surface area contributed by atoms with Crippen LogP contribution in [-0.4, -0.2) is 22.8 Å². The van der Waals surface area contributed by atoms with Gasteiger partial charge in [0.05, 0.1) is 6.10 Å². The predicted octanol–water partition coefficient (Wildman–Crippen LogP) is 2.72. The maximum absolute atomic E-state index is 10.6. The maximum Gasteiger partial charge on any atom is 0.0847 e. The molecule has 1 aromatic rings. The third-order valence-corrected chi connectivity index (χ3v) is 4.14. The first kappa shape index (κ1) is 13.6. The van der Waals surface area contributed by atoms with Gasteiger partial charge in [-0.2, -0.15) is 0 Å². The summed E-state index contributed by atoms with van der Waals surface area (Å²) in [5, 5.41) is 14.0. The van der Waals surface area contributed by atoms with E-state index in [2.05, 4.69) is 43.6 Å². The minimum Gasteiger partial charge on any atom is -0.388 e. The Balaban J connectivity index is 2.24. The molecule has 0 saturated carbocycles. The molecule has 2 N–H and O–H groups in total. The van der Waals surface area contributed by atoms with Crippen LogP contribution in [0.2, 0.25) is 0 Å². The molecular weight excluding hydrogens is 224 g/mol. The van der Waals surface area contributed by atoms with E-state index in [1.807, 2.05) is 0 Å². The number of nitrogens with zero attached hydrogens (tertiary/aromatic N) is 1. The highest BCUT2D eigenvalue weighted by molar-refractivity contribution is 5.30. The second kappa shape index (κ2) is 5.45. The van der Waals surface area contributed by atoms with E-state index in [1.54, 1.807) is 0 Å². The smallest absolute Gasteiger partial charge is 0.0847 e. The topological polar surface area (TPSA) is 37.2 Å². The molecule has 0 spiro atoms. The van der Waals surface area contributed by atoms with Gasteiger partial charge in [-0.15, -0.1) is 0 Å². The summed E-state index contributed by atoms with van der Waals surface area (Å²) in [5.74, 6) is 0.361. The molecule has 18 heavy (non-hydrogen) atoms. The van der Waals surface area contributed by atoms with Crippen molar-refractivity contribution < 1.29 is 5.11 Å². The van der Waals surface area contributed by atoms with Crippen molar-refractivity contribution in [1.29, 1.82) is 0 Å². The second-order valence-corrected chi connectivity index (χ2v) is 5.84. The van der Waals surface area contributed by atoms with E-state index in [1.165, 1.54) is 17.8 Å². The minimum atomic E-state index is -0.323. The van der Waals surface area contributed by atoms with Gasteiger partial charge >= 0.3 is 0 Å². The quantitative estimate of drug-likeness (QED) is 0.865. The minimum absolute atomic E-state index is 0.323. The van der Waals surface area contributed by atoms with Crippen molar-refractivity contribution in [3.8, 4) is 0 Å². The molecule has 1 aliphatic heterocycles. The van der Waals surface area contributed by atoms with Crippen LogP contribution in [0, 0.1) is 19.8 Å². The molecule has 2 unspecified atom stereocenters. The summed E-state index contributed by atoms with van der Waals surface area (Å²) in [4.78, 5) is 0. The number of piperidine rings is 1. The van der Waals surface area contributed by atoms with Crippen LogP contribution in [0.1, 0.15) is 55.8 Å². The second-order valence-electron chi connectivity index (χ2n) is 5.84. The van der Waals surface area contributed by atoms with Crippen molar-refractivity contribution in [3.63, 3.8) is 0 Å². The Labute approximate surface area is 110 Å². The lowest BCUT2D eigenvalue weighted by atomic mass is 9.89. The number of aliphatic hydroxyl groups is 1. The molecule has 0 aromatic carbocycles. The highest BCUT2D eigenvalue weighted by Gasteiger charge is 2.26. The van der Waals surface area contributed by atoms with Crippen LogP contribution < -0.4 is 5.32 Å². The molecule has 0 radical (unpaired) electrons. The molecule has 0 amide bonds. The van der Waals surface area contributed by atoms with Crippen molar-refractivity contribution >= 4 is 0 Å². The van der Waals surface area contributed by atoms with E-state index in [0.717, 1.165) is 25.1 Å². The zero-order valence-electron chi connectivity index (χ0n) is 12.0. The van der Waals surface area contributed by atoms with Crippen molar-refractivity contribution in [1.82, 2.24) is 9.88 Å². The summed E-state index contributed by atoms with van der Waals surface area (Å²) in [5.41, 5.74) is 3.59. The van der Waals surface area contributed by atoms with E-state index in [9.17, 15) is 5.11 Å². The number of hydrogen-bond acceptors (Lipinski definition) is 2. The summed E-state index contributed by atoms with van der Waals surface area (Å²) < 4.78 is 2.31. The average molecular weight is 250 g/mol. The molecule has 3 heteroatoms. The van der Waals surface area contributed by atoms with E-state index in [4.69, 9.17) is 0 Å². The number of aryl methyl sites for hydroxylation is 1. The third-order valence-electron chi connectivity index (χ3n) is 4.14. The monoisotopic (exact) mass is 250 g/mol. The summed E-state index contributed by atoms with van der Waals surface area (Å²) in [6, 6.07) is 2.62. The molecule has 1 aliphatic rings. The molecule has 102 valence electrons.